The van der Waals surface area contributed by atoms with Gasteiger partial charge in [-0.2, -0.15) is 0 Å². The molecule has 94 valence electrons. The molecular formula is C11H6Br3NO3. The highest BCUT2D eigenvalue weighted by molar-refractivity contribution is 9.11. The Bertz CT molecular complexity index is 597. The SMILES string of the molecule is O=[N+]([O-])c1ccc(C(Br)c2cc(Br)ccc2Br)o1. The lowest BCUT2D eigenvalue weighted by atomic mass is 10.1. The van der Waals surface area contributed by atoms with Crippen LogP contribution in [0, 0.1) is 10.1 Å². The van der Waals surface area contributed by atoms with Crippen molar-refractivity contribution in [2.24, 2.45) is 0 Å². The number of benzene rings is 1. The average molecular weight is 440 g/mol. The lowest BCUT2D eigenvalue weighted by molar-refractivity contribution is -0.402. The Balaban J connectivity index is 2.37. The first-order chi connectivity index (χ1) is 8.49. The lowest BCUT2D eigenvalue weighted by Crippen LogP contribution is -1.92. The van der Waals surface area contributed by atoms with E-state index in [0.29, 0.717) is 5.76 Å². The molecule has 0 N–H and O–H groups in total. The van der Waals surface area contributed by atoms with Crippen LogP contribution in [0.5, 0.6) is 0 Å². The highest BCUT2D eigenvalue weighted by atomic mass is 79.9. The second-order valence-electron chi connectivity index (χ2n) is 3.46. The number of rotatable bonds is 3. The van der Waals surface area contributed by atoms with Crippen LogP contribution in [0.4, 0.5) is 5.88 Å². The predicted octanol–water partition coefficient (Wildman–Crippen LogP) is 5.20. The van der Waals surface area contributed by atoms with Crippen molar-refractivity contribution in [3.63, 3.8) is 0 Å². The van der Waals surface area contributed by atoms with Gasteiger partial charge in [0.25, 0.3) is 0 Å². The average Bonchev–Trinajstić information content (AvgIpc) is 2.81. The molecule has 2 aromatic rings. The summed E-state index contributed by atoms with van der Waals surface area (Å²) in [5.41, 5.74) is 0.925. The molecule has 0 bridgehead atoms. The maximum Gasteiger partial charge on any atom is 0.433 e. The molecule has 1 unspecified atom stereocenters. The van der Waals surface area contributed by atoms with Gasteiger partial charge in [-0.1, -0.05) is 47.8 Å². The Labute approximate surface area is 128 Å². The number of alkyl halides is 1. The molecular weight excluding hydrogens is 434 g/mol. The van der Waals surface area contributed by atoms with Crippen LogP contribution >= 0.6 is 47.8 Å². The first-order valence-electron chi connectivity index (χ1n) is 4.82. The van der Waals surface area contributed by atoms with E-state index < -0.39 is 4.92 Å². The molecule has 0 radical (unpaired) electrons. The summed E-state index contributed by atoms with van der Waals surface area (Å²) in [6.45, 7) is 0. The first-order valence-corrected chi connectivity index (χ1v) is 7.32. The molecule has 2 rings (SSSR count). The van der Waals surface area contributed by atoms with Crippen LogP contribution in [-0.4, -0.2) is 4.92 Å². The summed E-state index contributed by atoms with van der Waals surface area (Å²) in [4.78, 5) is 9.77. The van der Waals surface area contributed by atoms with Crippen molar-refractivity contribution in [3.8, 4) is 0 Å². The minimum Gasteiger partial charge on any atom is -0.404 e. The Morgan fingerprint density at radius 3 is 2.56 bits per heavy atom. The third kappa shape index (κ3) is 2.84. The van der Waals surface area contributed by atoms with E-state index in [1.54, 1.807) is 6.07 Å². The van der Waals surface area contributed by atoms with Crippen molar-refractivity contribution in [3.05, 3.63) is 60.7 Å². The molecule has 4 nitrogen and oxygen atoms in total. The van der Waals surface area contributed by atoms with E-state index in [9.17, 15) is 10.1 Å². The Morgan fingerprint density at radius 1 is 1.22 bits per heavy atom. The highest BCUT2D eigenvalue weighted by Crippen LogP contribution is 2.38. The molecule has 0 aliphatic carbocycles. The van der Waals surface area contributed by atoms with Gasteiger partial charge in [0.05, 0.1) is 10.9 Å². The summed E-state index contributed by atoms with van der Waals surface area (Å²) in [5, 5.41) is 10.6. The first kappa shape index (κ1) is 13.8. The number of furan rings is 1. The summed E-state index contributed by atoms with van der Waals surface area (Å²) >= 11 is 10.3. The molecule has 1 aromatic heterocycles. The van der Waals surface area contributed by atoms with E-state index in [1.807, 2.05) is 18.2 Å². The van der Waals surface area contributed by atoms with Crippen LogP contribution in [0.3, 0.4) is 0 Å². The fourth-order valence-corrected chi connectivity index (χ4v) is 3.23. The standard InChI is InChI=1S/C11H6Br3NO3/c12-6-1-2-8(13)7(5-6)11(14)9-3-4-10(18-9)15(16)17/h1-5,11H. The fourth-order valence-electron chi connectivity index (χ4n) is 1.44. The quantitative estimate of drug-likeness (QED) is 0.375. The van der Waals surface area contributed by atoms with Crippen LogP contribution in [0.25, 0.3) is 0 Å². The van der Waals surface area contributed by atoms with Gasteiger partial charge in [0, 0.05) is 8.95 Å². The smallest absolute Gasteiger partial charge is 0.404 e. The van der Waals surface area contributed by atoms with Gasteiger partial charge in [-0.15, -0.1) is 0 Å². The van der Waals surface area contributed by atoms with Gasteiger partial charge < -0.3 is 4.42 Å². The number of nitrogens with zero attached hydrogens (tertiary/aromatic N) is 1. The second-order valence-corrected chi connectivity index (χ2v) is 6.15. The normalized spacial score (nSPS) is 12.4. The number of hydrogen-bond donors (Lipinski definition) is 0. The molecule has 0 saturated heterocycles. The van der Waals surface area contributed by atoms with E-state index in [4.69, 9.17) is 4.42 Å². The van der Waals surface area contributed by atoms with Gasteiger partial charge in [-0.05, 0) is 29.8 Å². The summed E-state index contributed by atoms with van der Waals surface area (Å²) in [6.07, 6.45) is 0. The summed E-state index contributed by atoms with van der Waals surface area (Å²) in [5.74, 6) is 0.223. The highest BCUT2D eigenvalue weighted by Gasteiger charge is 2.21. The van der Waals surface area contributed by atoms with Gasteiger partial charge in [-0.25, -0.2) is 0 Å². The van der Waals surface area contributed by atoms with Crippen LogP contribution in [0.2, 0.25) is 0 Å². The van der Waals surface area contributed by atoms with Crippen molar-refractivity contribution in [2.75, 3.05) is 0 Å². The van der Waals surface area contributed by atoms with Gasteiger partial charge in [0.15, 0.2) is 0 Å². The molecule has 18 heavy (non-hydrogen) atoms. The van der Waals surface area contributed by atoms with Crippen LogP contribution in [-0.2, 0) is 0 Å². The molecule has 0 aliphatic rings. The van der Waals surface area contributed by atoms with Crippen LogP contribution in [0.1, 0.15) is 16.2 Å². The minimum atomic E-state index is -0.556. The van der Waals surface area contributed by atoms with Crippen molar-refractivity contribution < 1.29 is 9.34 Å². The molecule has 0 saturated carbocycles. The van der Waals surface area contributed by atoms with Crippen molar-refractivity contribution in [2.45, 2.75) is 4.83 Å². The number of halogens is 3. The van der Waals surface area contributed by atoms with Crippen molar-refractivity contribution >= 4 is 53.7 Å². The van der Waals surface area contributed by atoms with Gasteiger partial charge in [0.2, 0.25) is 0 Å². The minimum absolute atomic E-state index is 0.252. The third-order valence-electron chi connectivity index (χ3n) is 2.27. The van der Waals surface area contributed by atoms with Crippen LogP contribution < -0.4 is 0 Å². The summed E-state index contributed by atoms with van der Waals surface area (Å²) < 4.78 is 6.99. The zero-order valence-electron chi connectivity index (χ0n) is 8.77. The molecule has 0 spiro atoms. The Morgan fingerprint density at radius 2 is 1.94 bits per heavy atom. The molecule has 1 heterocycles. The lowest BCUT2D eigenvalue weighted by Gasteiger charge is -2.09. The zero-order chi connectivity index (χ0) is 13.3. The monoisotopic (exact) mass is 437 g/mol. The van der Waals surface area contributed by atoms with E-state index >= 15 is 0 Å². The van der Waals surface area contributed by atoms with Crippen LogP contribution in [0.15, 0.2) is 43.7 Å². The second kappa shape index (κ2) is 5.54. The van der Waals surface area contributed by atoms with Crippen molar-refractivity contribution in [1.29, 1.82) is 0 Å². The summed E-state index contributed by atoms with van der Waals surface area (Å²) in [7, 11) is 0. The van der Waals surface area contributed by atoms with Gasteiger partial charge in [-0.3, -0.25) is 10.1 Å². The number of nitro groups is 1. The maximum absolute atomic E-state index is 10.6. The fraction of sp³-hybridized carbons (Fsp3) is 0.0909. The van der Waals surface area contributed by atoms with E-state index in [1.165, 1.54) is 6.07 Å². The molecule has 0 aliphatic heterocycles. The maximum atomic E-state index is 10.6. The van der Waals surface area contributed by atoms with Gasteiger partial charge >= 0.3 is 5.88 Å². The van der Waals surface area contributed by atoms with Crippen molar-refractivity contribution in [1.82, 2.24) is 0 Å². The number of hydrogen-bond acceptors (Lipinski definition) is 3. The zero-order valence-corrected chi connectivity index (χ0v) is 13.5. The molecule has 1 atom stereocenters. The van der Waals surface area contributed by atoms with E-state index in [2.05, 4.69) is 47.8 Å². The molecule has 7 heteroatoms. The topological polar surface area (TPSA) is 56.3 Å². The molecule has 1 aromatic carbocycles. The van der Waals surface area contributed by atoms with Gasteiger partial charge in [0.1, 0.15) is 10.7 Å². The molecule has 0 amide bonds. The van der Waals surface area contributed by atoms with E-state index in [-0.39, 0.29) is 10.7 Å². The summed E-state index contributed by atoms with van der Waals surface area (Å²) in [6, 6.07) is 8.64. The largest absolute Gasteiger partial charge is 0.433 e. The predicted molar refractivity (Wildman–Crippen MR) is 78.0 cm³/mol. The van der Waals surface area contributed by atoms with E-state index in [0.717, 1.165) is 14.5 Å². The third-order valence-corrected chi connectivity index (χ3v) is 4.43. The Kier molecular flexibility index (Phi) is 4.24. The Hall–Kier alpha value is -0.660. The molecule has 0 fully saturated rings.